The van der Waals surface area contributed by atoms with Crippen molar-refractivity contribution in [1.82, 2.24) is 0 Å². The van der Waals surface area contributed by atoms with Crippen LogP contribution in [0.3, 0.4) is 0 Å². The van der Waals surface area contributed by atoms with Crippen molar-refractivity contribution in [3.63, 3.8) is 0 Å². The third kappa shape index (κ3) is 3.23. The fraction of sp³-hybridized carbons (Fsp3) is 0. The number of rotatable bonds is 4. The molecular formula is C13H9IN2O4. The van der Waals surface area contributed by atoms with Crippen LogP contribution < -0.4 is 10.5 Å². The Hall–Kier alpha value is -2.16. The summed E-state index contributed by atoms with van der Waals surface area (Å²) in [5.74, 6) is -0.0831. The number of hydrogen-bond acceptors (Lipinski definition) is 4. The second-order valence-corrected chi connectivity index (χ2v) is 5.10. The predicted octanol–water partition coefficient (Wildman–Crippen LogP) is 3.09. The van der Waals surface area contributed by atoms with E-state index in [-0.39, 0.29) is 17.0 Å². The fourth-order valence-corrected chi connectivity index (χ4v) is 1.90. The van der Waals surface area contributed by atoms with Gasteiger partial charge in [-0.1, -0.05) is 0 Å². The number of amides is 1. The number of hydrogen-bond donors (Lipinski definition) is 1. The summed E-state index contributed by atoms with van der Waals surface area (Å²) in [4.78, 5) is 21.5. The van der Waals surface area contributed by atoms with Crippen LogP contribution in [0, 0.1) is 13.7 Å². The lowest BCUT2D eigenvalue weighted by Gasteiger charge is -2.09. The van der Waals surface area contributed by atoms with E-state index in [1.54, 1.807) is 12.1 Å². The topological polar surface area (TPSA) is 95.5 Å². The van der Waals surface area contributed by atoms with Gasteiger partial charge in [0.25, 0.3) is 11.6 Å². The molecule has 7 heteroatoms. The Kier molecular flexibility index (Phi) is 4.18. The first-order chi connectivity index (χ1) is 9.47. The van der Waals surface area contributed by atoms with Gasteiger partial charge in [-0.25, -0.2) is 0 Å². The summed E-state index contributed by atoms with van der Waals surface area (Å²) in [5, 5.41) is 10.7. The second-order valence-electron chi connectivity index (χ2n) is 3.86. The number of carbonyl (C=O) groups excluding carboxylic acids is 1. The van der Waals surface area contributed by atoms with Gasteiger partial charge in [0.15, 0.2) is 0 Å². The Labute approximate surface area is 127 Å². The van der Waals surface area contributed by atoms with Gasteiger partial charge in [-0.2, -0.15) is 0 Å². The number of nitro benzene ring substituents is 1. The number of halogens is 1. The summed E-state index contributed by atoms with van der Waals surface area (Å²) >= 11 is 2.15. The number of ether oxygens (including phenoxy) is 1. The molecule has 102 valence electrons. The Balaban J connectivity index is 2.38. The van der Waals surface area contributed by atoms with E-state index in [0.717, 1.165) is 9.64 Å². The monoisotopic (exact) mass is 384 g/mol. The molecule has 0 aliphatic heterocycles. The first-order valence-corrected chi connectivity index (χ1v) is 6.57. The van der Waals surface area contributed by atoms with Crippen LogP contribution in [0.1, 0.15) is 10.4 Å². The molecule has 0 heterocycles. The average Bonchev–Trinajstić information content (AvgIpc) is 2.41. The van der Waals surface area contributed by atoms with Gasteiger partial charge in [-0.05, 0) is 52.9 Å². The molecule has 0 bridgehead atoms. The zero-order chi connectivity index (χ0) is 14.7. The maximum Gasteiger partial charge on any atom is 0.270 e. The third-order valence-corrected chi connectivity index (χ3v) is 3.20. The van der Waals surface area contributed by atoms with E-state index in [4.69, 9.17) is 10.5 Å². The average molecular weight is 384 g/mol. The molecule has 0 aliphatic rings. The molecule has 0 saturated heterocycles. The van der Waals surface area contributed by atoms with E-state index in [0.29, 0.717) is 5.75 Å². The zero-order valence-corrected chi connectivity index (χ0v) is 12.2. The van der Waals surface area contributed by atoms with Crippen molar-refractivity contribution in [3.8, 4) is 11.5 Å². The smallest absolute Gasteiger partial charge is 0.270 e. The maximum absolute atomic E-state index is 11.4. The molecule has 2 aromatic rings. The second kappa shape index (κ2) is 5.87. The normalized spacial score (nSPS) is 10.1. The number of non-ortho nitro benzene ring substituents is 1. The molecule has 0 aromatic heterocycles. The van der Waals surface area contributed by atoms with Gasteiger partial charge in [0.1, 0.15) is 11.5 Å². The zero-order valence-electron chi connectivity index (χ0n) is 10.1. The van der Waals surface area contributed by atoms with Crippen molar-refractivity contribution in [1.29, 1.82) is 0 Å². The van der Waals surface area contributed by atoms with Crippen LogP contribution in [0.2, 0.25) is 0 Å². The SMILES string of the molecule is NC(=O)c1cc([N+](=O)[O-])ccc1Oc1ccc(I)cc1. The van der Waals surface area contributed by atoms with E-state index in [1.807, 2.05) is 12.1 Å². The molecule has 0 radical (unpaired) electrons. The number of nitro groups is 1. The lowest BCUT2D eigenvalue weighted by Crippen LogP contribution is -2.12. The van der Waals surface area contributed by atoms with Crippen LogP contribution in [0.5, 0.6) is 11.5 Å². The molecular weight excluding hydrogens is 375 g/mol. The molecule has 0 aliphatic carbocycles. The highest BCUT2D eigenvalue weighted by molar-refractivity contribution is 14.1. The van der Waals surface area contributed by atoms with Gasteiger partial charge in [-0.3, -0.25) is 14.9 Å². The fourth-order valence-electron chi connectivity index (χ4n) is 1.54. The summed E-state index contributed by atoms with van der Waals surface area (Å²) in [6.07, 6.45) is 0. The van der Waals surface area contributed by atoms with E-state index in [2.05, 4.69) is 22.6 Å². The number of primary amides is 1. The summed E-state index contributed by atoms with van der Waals surface area (Å²) < 4.78 is 6.57. The van der Waals surface area contributed by atoms with Gasteiger partial charge in [0, 0.05) is 15.7 Å². The van der Waals surface area contributed by atoms with Gasteiger partial charge in [-0.15, -0.1) is 0 Å². The maximum atomic E-state index is 11.4. The lowest BCUT2D eigenvalue weighted by atomic mass is 10.1. The highest BCUT2D eigenvalue weighted by atomic mass is 127. The molecule has 0 atom stereocenters. The van der Waals surface area contributed by atoms with Gasteiger partial charge in [0.05, 0.1) is 10.5 Å². The van der Waals surface area contributed by atoms with Gasteiger partial charge < -0.3 is 10.5 Å². The quantitative estimate of drug-likeness (QED) is 0.498. The Morgan fingerprint density at radius 1 is 1.20 bits per heavy atom. The Bertz CT molecular complexity index is 671. The standard InChI is InChI=1S/C13H9IN2O4/c14-8-1-4-10(5-2-8)20-12-6-3-9(16(18)19)7-11(12)13(15)17/h1-7H,(H2,15,17). The van der Waals surface area contributed by atoms with Crippen LogP contribution in [0.15, 0.2) is 42.5 Å². The van der Waals surface area contributed by atoms with Crippen molar-refractivity contribution >= 4 is 34.2 Å². The van der Waals surface area contributed by atoms with Crippen LogP contribution >= 0.6 is 22.6 Å². The minimum absolute atomic E-state index is 0.0299. The molecule has 0 unspecified atom stereocenters. The number of carbonyl (C=O) groups is 1. The predicted molar refractivity (Wildman–Crippen MR) is 80.8 cm³/mol. The van der Waals surface area contributed by atoms with Crippen molar-refractivity contribution in [2.75, 3.05) is 0 Å². The molecule has 1 amide bonds. The number of nitrogens with zero attached hydrogens (tertiary/aromatic N) is 1. The van der Waals surface area contributed by atoms with Gasteiger partial charge >= 0.3 is 0 Å². The Morgan fingerprint density at radius 3 is 2.40 bits per heavy atom. The number of nitrogens with two attached hydrogens (primary N) is 1. The minimum Gasteiger partial charge on any atom is -0.457 e. The summed E-state index contributed by atoms with van der Waals surface area (Å²) in [6, 6.07) is 10.9. The van der Waals surface area contributed by atoms with Crippen molar-refractivity contribution in [2.45, 2.75) is 0 Å². The Morgan fingerprint density at radius 2 is 1.85 bits per heavy atom. The molecule has 0 spiro atoms. The van der Waals surface area contributed by atoms with E-state index >= 15 is 0 Å². The van der Waals surface area contributed by atoms with Crippen LogP contribution in [-0.4, -0.2) is 10.8 Å². The van der Waals surface area contributed by atoms with Crippen molar-refractivity contribution in [3.05, 3.63) is 61.7 Å². The van der Waals surface area contributed by atoms with Crippen LogP contribution in [0.4, 0.5) is 5.69 Å². The lowest BCUT2D eigenvalue weighted by molar-refractivity contribution is -0.384. The number of benzene rings is 2. The molecule has 2 rings (SSSR count). The first kappa shape index (κ1) is 14.3. The third-order valence-electron chi connectivity index (χ3n) is 2.48. The molecule has 6 nitrogen and oxygen atoms in total. The van der Waals surface area contributed by atoms with E-state index < -0.39 is 10.8 Å². The largest absolute Gasteiger partial charge is 0.457 e. The molecule has 0 saturated carbocycles. The summed E-state index contributed by atoms with van der Waals surface area (Å²) in [5.41, 5.74) is 4.97. The van der Waals surface area contributed by atoms with Gasteiger partial charge in [0.2, 0.25) is 0 Å². The van der Waals surface area contributed by atoms with E-state index in [1.165, 1.54) is 12.1 Å². The van der Waals surface area contributed by atoms with Crippen LogP contribution in [-0.2, 0) is 0 Å². The molecule has 2 aromatic carbocycles. The minimum atomic E-state index is -0.783. The van der Waals surface area contributed by atoms with Crippen molar-refractivity contribution < 1.29 is 14.5 Å². The summed E-state index contributed by atoms with van der Waals surface area (Å²) in [7, 11) is 0. The molecule has 2 N–H and O–H groups in total. The van der Waals surface area contributed by atoms with Crippen molar-refractivity contribution in [2.24, 2.45) is 5.73 Å². The van der Waals surface area contributed by atoms with Crippen LogP contribution in [0.25, 0.3) is 0 Å². The first-order valence-electron chi connectivity index (χ1n) is 5.49. The van der Waals surface area contributed by atoms with E-state index in [9.17, 15) is 14.9 Å². The highest BCUT2D eigenvalue weighted by Gasteiger charge is 2.16. The summed E-state index contributed by atoms with van der Waals surface area (Å²) in [6.45, 7) is 0. The molecule has 20 heavy (non-hydrogen) atoms. The highest BCUT2D eigenvalue weighted by Crippen LogP contribution is 2.28. The molecule has 0 fully saturated rings.